The maximum absolute atomic E-state index is 14.4. The number of fused-ring (bicyclic) bond motifs is 1. The quantitative estimate of drug-likeness (QED) is 0.255. The molecule has 1 aliphatic rings. The standard InChI is InChI=1S/C27H20BrFN2O2S/c1-17-22(14-25-26(32)31(27(33)34-25)15-18-7-6-9-20(28)13-18)21-10-3-5-12-24(21)30(17)16-19-8-2-4-11-23(19)29/h2-14H,15-16H2,1H3/b25-14-. The van der Waals surface area contributed by atoms with Gasteiger partial charge in [0.15, 0.2) is 0 Å². The molecule has 4 aromatic rings. The number of hydrogen-bond donors (Lipinski definition) is 0. The van der Waals surface area contributed by atoms with Gasteiger partial charge in [0.05, 0.1) is 18.0 Å². The van der Waals surface area contributed by atoms with Crippen molar-refractivity contribution in [1.82, 2.24) is 9.47 Å². The first-order valence-electron chi connectivity index (χ1n) is 10.7. The molecule has 0 N–H and O–H groups in total. The van der Waals surface area contributed by atoms with E-state index in [4.69, 9.17) is 0 Å². The monoisotopic (exact) mass is 534 g/mol. The average Bonchev–Trinajstić information content (AvgIpc) is 3.24. The number of carbonyl (C=O) groups is 2. The summed E-state index contributed by atoms with van der Waals surface area (Å²) in [7, 11) is 0. The lowest BCUT2D eigenvalue weighted by Gasteiger charge is -2.12. The van der Waals surface area contributed by atoms with E-state index in [2.05, 4.69) is 15.9 Å². The van der Waals surface area contributed by atoms with Crippen LogP contribution in [-0.4, -0.2) is 20.6 Å². The Labute approximate surface area is 209 Å². The molecule has 3 aromatic carbocycles. The lowest BCUT2D eigenvalue weighted by Crippen LogP contribution is -2.27. The smallest absolute Gasteiger partial charge is 0.293 e. The highest BCUT2D eigenvalue weighted by Gasteiger charge is 2.35. The number of aromatic nitrogens is 1. The molecule has 0 aliphatic carbocycles. The fourth-order valence-electron chi connectivity index (χ4n) is 4.23. The predicted molar refractivity (Wildman–Crippen MR) is 138 cm³/mol. The van der Waals surface area contributed by atoms with E-state index in [1.807, 2.05) is 66.1 Å². The molecule has 170 valence electrons. The Kier molecular flexibility index (Phi) is 6.15. The first-order valence-corrected chi connectivity index (χ1v) is 12.3. The van der Waals surface area contributed by atoms with Crippen molar-refractivity contribution >= 4 is 55.8 Å². The molecule has 0 bridgehead atoms. The van der Waals surface area contributed by atoms with Crippen LogP contribution in [0.4, 0.5) is 9.18 Å². The lowest BCUT2D eigenvalue weighted by atomic mass is 10.1. The highest BCUT2D eigenvalue weighted by molar-refractivity contribution is 9.10. The zero-order valence-electron chi connectivity index (χ0n) is 18.3. The van der Waals surface area contributed by atoms with Gasteiger partial charge in [0, 0.05) is 32.2 Å². The highest BCUT2D eigenvalue weighted by atomic mass is 79.9. The Hall–Kier alpha value is -3.16. The summed E-state index contributed by atoms with van der Waals surface area (Å²) >= 11 is 4.38. The summed E-state index contributed by atoms with van der Waals surface area (Å²) < 4.78 is 17.3. The molecule has 4 nitrogen and oxygen atoms in total. The second-order valence-electron chi connectivity index (χ2n) is 8.09. The number of rotatable bonds is 5. The molecule has 2 amide bonds. The predicted octanol–water partition coefficient (Wildman–Crippen LogP) is 7.14. The number of imide groups is 1. The van der Waals surface area contributed by atoms with Gasteiger partial charge in [0.2, 0.25) is 0 Å². The fraction of sp³-hybridized carbons (Fsp3) is 0.111. The largest absolute Gasteiger partial charge is 0.340 e. The summed E-state index contributed by atoms with van der Waals surface area (Å²) in [6.07, 6.45) is 1.79. The second-order valence-corrected chi connectivity index (χ2v) is 10.0. The number of benzene rings is 3. The van der Waals surface area contributed by atoms with Gasteiger partial charge < -0.3 is 4.57 Å². The lowest BCUT2D eigenvalue weighted by molar-refractivity contribution is -0.123. The van der Waals surface area contributed by atoms with E-state index in [9.17, 15) is 14.0 Å². The molecule has 1 saturated heterocycles. The number of hydrogen-bond acceptors (Lipinski definition) is 3. The highest BCUT2D eigenvalue weighted by Crippen LogP contribution is 2.36. The Morgan fingerprint density at radius 2 is 1.74 bits per heavy atom. The summed E-state index contributed by atoms with van der Waals surface area (Å²) in [6, 6.07) is 22.1. The van der Waals surface area contributed by atoms with E-state index in [0.29, 0.717) is 17.0 Å². The van der Waals surface area contributed by atoms with Crippen LogP contribution >= 0.6 is 27.7 Å². The Morgan fingerprint density at radius 3 is 2.53 bits per heavy atom. The Morgan fingerprint density at radius 1 is 0.971 bits per heavy atom. The number of para-hydroxylation sites is 1. The van der Waals surface area contributed by atoms with Crippen LogP contribution in [0, 0.1) is 12.7 Å². The number of nitrogens with zero attached hydrogens (tertiary/aromatic N) is 2. The Bertz CT molecular complexity index is 1480. The minimum Gasteiger partial charge on any atom is -0.340 e. The molecular formula is C27H20BrFN2O2S. The number of thioether (sulfide) groups is 1. The van der Waals surface area contributed by atoms with Crippen LogP contribution in [0.2, 0.25) is 0 Å². The van der Waals surface area contributed by atoms with Crippen LogP contribution in [0.25, 0.3) is 17.0 Å². The van der Waals surface area contributed by atoms with Crippen molar-refractivity contribution in [2.24, 2.45) is 0 Å². The van der Waals surface area contributed by atoms with Crippen molar-refractivity contribution in [2.45, 2.75) is 20.0 Å². The van der Waals surface area contributed by atoms with Crippen LogP contribution in [0.15, 0.2) is 82.2 Å². The van der Waals surface area contributed by atoms with E-state index >= 15 is 0 Å². The van der Waals surface area contributed by atoms with Crippen molar-refractivity contribution in [3.8, 4) is 0 Å². The maximum Gasteiger partial charge on any atom is 0.293 e. The molecular weight excluding hydrogens is 515 g/mol. The second kappa shape index (κ2) is 9.24. The summed E-state index contributed by atoms with van der Waals surface area (Å²) in [5, 5.41) is 0.666. The molecule has 0 radical (unpaired) electrons. The van der Waals surface area contributed by atoms with Gasteiger partial charge in [-0.3, -0.25) is 14.5 Å². The number of carbonyl (C=O) groups excluding carboxylic acids is 2. The maximum atomic E-state index is 14.4. The van der Waals surface area contributed by atoms with Crippen molar-refractivity contribution in [3.05, 3.63) is 110 Å². The molecule has 1 fully saturated rings. The minimum atomic E-state index is -0.305. The third-order valence-corrected chi connectivity index (χ3v) is 7.35. The van der Waals surface area contributed by atoms with Gasteiger partial charge in [0.1, 0.15) is 5.82 Å². The van der Waals surface area contributed by atoms with E-state index in [0.717, 1.165) is 44.0 Å². The fourth-order valence-corrected chi connectivity index (χ4v) is 5.49. The summed E-state index contributed by atoms with van der Waals surface area (Å²) in [5.74, 6) is -0.560. The molecule has 7 heteroatoms. The molecule has 0 spiro atoms. The van der Waals surface area contributed by atoms with Gasteiger partial charge in [-0.2, -0.15) is 0 Å². The van der Waals surface area contributed by atoms with Gasteiger partial charge in [-0.05, 0) is 54.6 Å². The number of halogens is 2. The van der Waals surface area contributed by atoms with Crippen molar-refractivity contribution < 1.29 is 14.0 Å². The minimum absolute atomic E-state index is 0.218. The molecule has 1 aliphatic heterocycles. The third kappa shape index (κ3) is 4.21. The van der Waals surface area contributed by atoms with Gasteiger partial charge in [-0.25, -0.2) is 4.39 Å². The first kappa shape index (κ1) is 22.6. The van der Waals surface area contributed by atoms with Crippen LogP contribution in [0.1, 0.15) is 22.4 Å². The first-order chi connectivity index (χ1) is 16.4. The molecule has 2 heterocycles. The molecule has 0 atom stereocenters. The van der Waals surface area contributed by atoms with E-state index in [1.165, 1.54) is 11.0 Å². The SMILES string of the molecule is Cc1c(/C=C2\SC(=O)N(Cc3cccc(Br)c3)C2=O)c2ccccc2n1Cc1ccccc1F. The van der Waals surface area contributed by atoms with Crippen molar-refractivity contribution in [3.63, 3.8) is 0 Å². The van der Waals surface area contributed by atoms with Crippen LogP contribution in [0.5, 0.6) is 0 Å². The van der Waals surface area contributed by atoms with E-state index in [1.54, 1.807) is 18.2 Å². The topological polar surface area (TPSA) is 42.3 Å². The van der Waals surface area contributed by atoms with Crippen molar-refractivity contribution in [1.29, 1.82) is 0 Å². The van der Waals surface area contributed by atoms with Crippen LogP contribution in [-0.2, 0) is 17.9 Å². The number of amides is 2. The third-order valence-electron chi connectivity index (χ3n) is 5.94. The van der Waals surface area contributed by atoms with E-state index in [-0.39, 0.29) is 23.5 Å². The summed E-state index contributed by atoms with van der Waals surface area (Å²) in [4.78, 5) is 27.5. The van der Waals surface area contributed by atoms with Gasteiger partial charge >= 0.3 is 0 Å². The molecule has 0 unspecified atom stereocenters. The normalized spacial score (nSPS) is 15.1. The van der Waals surface area contributed by atoms with Gasteiger partial charge in [0.25, 0.3) is 11.1 Å². The van der Waals surface area contributed by atoms with E-state index < -0.39 is 0 Å². The average molecular weight is 535 g/mol. The van der Waals surface area contributed by atoms with Gasteiger partial charge in [-0.1, -0.05) is 64.5 Å². The summed E-state index contributed by atoms with van der Waals surface area (Å²) in [6.45, 7) is 2.55. The zero-order chi connectivity index (χ0) is 23.8. The summed E-state index contributed by atoms with van der Waals surface area (Å²) in [5.41, 5.74) is 4.17. The molecule has 5 rings (SSSR count). The Balaban J connectivity index is 1.52. The zero-order valence-corrected chi connectivity index (χ0v) is 20.7. The van der Waals surface area contributed by atoms with Crippen LogP contribution in [0.3, 0.4) is 0 Å². The molecule has 1 aromatic heterocycles. The molecule has 34 heavy (non-hydrogen) atoms. The van der Waals surface area contributed by atoms with Gasteiger partial charge in [-0.15, -0.1) is 0 Å². The molecule has 0 saturated carbocycles. The van der Waals surface area contributed by atoms with Crippen LogP contribution < -0.4 is 0 Å². The van der Waals surface area contributed by atoms with Crippen molar-refractivity contribution in [2.75, 3.05) is 0 Å².